The molecule has 1 aliphatic heterocycles. The van der Waals surface area contributed by atoms with E-state index in [9.17, 15) is 4.79 Å². The molecule has 2 heterocycles. The highest BCUT2D eigenvalue weighted by atomic mass is 32.1. The lowest BCUT2D eigenvalue weighted by Gasteiger charge is -2.04. The number of rotatable bonds is 4. The second-order valence-electron chi connectivity index (χ2n) is 5.27. The third-order valence-electron chi connectivity index (χ3n) is 3.65. The average molecular weight is 338 g/mol. The van der Waals surface area contributed by atoms with Crippen molar-refractivity contribution in [3.8, 4) is 22.1 Å². The molecule has 5 nitrogen and oxygen atoms in total. The molecule has 4 rings (SSSR count). The van der Waals surface area contributed by atoms with E-state index in [1.54, 1.807) is 5.38 Å². The number of nitrogens with zero attached hydrogens (tertiary/aromatic N) is 1. The number of carbonyl (C=O) groups is 1. The number of thiazole rings is 1. The molecular weight excluding hydrogens is 324 g/mol. The van der Waals surface area contributed by atoms with Gasteiger partial charge in [-0.3, -0.25) is 4.79 Å². The van der Waals surface area contributed by atoms with Crippen molar-refractivity contribution in [3.63, 3.8) is 0 Å². The van der Waals surface area contributed by atoms with E-state index in [0.717, 1.165) is 21.9 Å². The molecule has 0 saturated heterocycles. The van der Waals surface area contributed by atoms with E-state index in [0.29, 0.717) is 18.0 Å². The molecule has 3 aromatic rings. The number of hydrogen-bond donors (Lipinski definition) is 1. The summed E-state index contributed by atoms with van der Waals surface area (Å²) in [5, 5.41) is 5.49. The Hall–Kier alpha value is -2.86. The molecule has 120 valence electrons. The molecule has 0 unspecified atom stereocenters. The van der Waals surface area contributed by atoms with E-state index in [4.69, 9.17) is 9.47 Å². The second kappa shape index (κ2) is 6.33. The lowest BCUT2D eigenvalue weighted by Crippen LogP contribution is -2.23. The predicted molar refractivity (Wildman–Crippen MR) is 91.3 cm³/mol. The fraction of sp³-hybridized carbons (Fsp3) is 0.111. The molecule has 0 spiro atoms. The first-order valence-corrected chi connectivity index (χ1v) is 8.35. The van der Waals surface area contributed by atoms with Crippen molar-refractivity contribution in [1.82, 2.24) is 10.3 Å². The zero-order chi connectivity index (χ0) is 16.4. The maximum absolute atomic E-state index is 12.3. The van der Waals surface area contributed by atoms with Crippen LogP contribution in [-0.2, 0) is 6.54 Å². The molecule has 1 N–H and O–H groups in total. The van der Waals surface area contributed by atoms with Gasteiger partial charge in [-0.2, -0.15) is 0 Å². The van der Waals surface area contributed by atoms with E-state index >= 15 is 0 Å². The van der Waals surface area contributed by atoms with Gasteiger partial charge in [0, 0.05) is 17.5 Å². The minimum absolute atomic E-state index is 0.189. The number of amides is 1. The molecule has 24 heavy (non-hydrogen) atoms. The summed E-state index contributed by atoms with van der Waals surface area (Å²) in [5.74, 6) is 1.25. The topological polar surface area (TPSA) is 60.5 Å². The molecule has 1 aliphatic rings. The van der Waals surface area contributed by atoms with Crippen molar-refractivity contribution < 1.29 is 14.3 Å². The van der Waals surface area contributed by atoms with Gasteiger partial charge in [0.2, 0.25) is 6.79 Å². The van der Waals surface area contributed by atoms with Gasteiger partial charge in [-0.25, -0.2) is 4.98 Å². The Bertz CT molecular complexity index is 877. The summed E-state index contributed by atoms with van der Waals surface area (Å²) in [7, 11) is 0. The van der Waals surface area contributed by atoms with Gasteiger partial charge in [0.05, 0.1) is 0 Å². The molecule has 0 radical (unpaired) electrons. The molecule has 0 fully saturated rings. The normalized spacial score (nSPS) is 12.2. The highest BCUT2D eigenvalue weighted by Gasteiger charge is 2.15. The Balaban J connectivity index is 1.42. The number of benzene rings is 2. The van der Waals surface area contributed by atoms with Crippen molar-refractivity contribution in [2.45, 2.75) is 6.54 Å². The third-order valence-corrected chi connectivity index (χ3v) is 4.54. The molecule has 0 atom stereocenters. The molecule has 1 amide bonds. The quantitative estimate of drug-likeness (QED) is 0.791. The summed E-state index contributed by atoms with van der Waals surface area (Å²) >= 11 is 1.46. The van der Waals surface area contributed by atoms with E-state index in [2.05, 4.69) is 10.3 Å². The Morgan fingerprint density at radius 3 is 2.83 bits per heavy atom. The third kappa shape index (κ3) is 2.96. The van der Waals surface area contributed by atoms with Crippen LogP contribution in [0.25, 0.3) is 10.6 Å². The maximum Gasteiger partial charge on any atom is 0.271 e. The lowest BCUT2D eigenvalue weighted by molar-refractivity contribution is 0.0946. The second-order valence-corrected chi connectivity index (χ2v) is 6.13. The fourth-order valence-corrected chi connectivity index (χ4v) is 3.22. The Morgan fingerprint density at radius 2 is 1.96 bits per heavy atom. The summed E-state index contributed by atoms with van der Waals surface area (Å²) in [4.78, 5) is 16.7. The highest BCUT2D eigenvalue weighted by Crippen LogP contribution is 2.32. The van der Waals surface area contributed by atoms with Gasteiger partial charge in [0.15, 0.2) is 11.5 Å². The molecule has 1 aromatic heterocycles. The first-order valence-electron chi connectivity index (χ1n) is 7.47. The van der Waals surface area contributed by atoms with Crippen LogP contribution < -0.4 is 14.8 Å². The van der Waals surface area contributed by atoms with Crippen LogP contribution in [-0.4, -0.2) is 17.7 Å². The largest absolute Gasteiger partial charge is 0.454 e. The minimum Gasteiger partial charge on any atom is -0.454 e. The van der Waals surface area contributed by atoms with Gasteiger partial charge < -0.3 is 14.8 Å². The van der Waals surface area contributed by atoms with E-state index in [1.807, 2.05) is 48.5 Å². The van der Waals surface area contributed by atoms with Gasteiger partial charge in [0.25, 0.3) is 5.91 Å². The Morgan fingerprint density at radius 1 is 1.12 bits per heavy atom. The monoisotopic (exact) mass is 338 g/mol. The molecule has 6 heteroatoms. The molecular formula is C18H14N2O3S. The number of carbonyl (C=O) groups excluding carboxylic acids is 1. The summed E-state index contributed by atoms with van der Waals surface area (Å²) < 4.78 is 10.6. The van der Waals surface area contributed by atoms with Crippen LogP contribution in [0.2, 0.25) is 0 Å². The van der Waals surface area contributed by atoms with Crippen molar-refractivity contribution in [3.05, 3.63) is 65.2 Å². The van der Waals surface area contributed by atoms with Crippen molar-refractivity contribution in [2.75, 3.05) is 6.79 Å². The van der Waals surface area contributed by atoms with Crippen LogP contribution >= 0.6 is 11.3 Å². The first kappa shape index (κ1) is 14.7. The predicted octanol–water partition coefficient (Wildman–Crippen LogP) is 3.47. The standard InChI is InChI=1S/C18H14N2O3S/c21-17(14-10-24-18(20-14)13-4-2-1-3-5-13)19-9-12-6-7-15-16(8-12)23-11-22-15/h1-8,10H,9,11H2,(H,19,21). The van der Waals surface area contributed by atoms with Crippen molar-refractivity contribution in [2.24, 2.45) is 0 Å². The van der Waals surface area contributed by atoms with Crippen LogP contribution in [0.4, 0.5) is 0 Å². The molecule has 2 aromatic carbocycles. The number of ether oxygens (including phenoxy) is 2. The van der Waals surface area contributed by atoms with Crippen molar-refractivity contribution >= 4 is 17.2 Å². The van der Waals surface area contributed by atoms with Crippen LogP contribution in [0.3, 0.4) is 0 Å². The smallest absolute Gasteiger partial charge is 0.271 e. The molecule has 0 saturated carbocycles. The first-order chi connectivity index (χ1) is 11.8. The van der Waals surface area contributed by atoms with Gasteiger partial charge in [0.1, 0.15) is 10.7 Å². The highest BCUT2D eigenvalue weighted by molar-refractivity contribution is 7.13. The molecule has 0 bridgehead atoms. The Labute approximate surface area is 142 Å². The summed E-state index contributed by atoms with van der Waals surface area (Å²) in [6.45, 7) is 0.653. The van der Waals surface area contributed by atoms with Gasteiger partial charge in [-0.15, -0.1) is 11.3 Å². The summed E-state index contributed by atoms with van der Waals surface area (Å²) in [6, 6.07) is 15.5. The van der Waals surface area contributed by atoms with E-state index < -0.39 is 0 Å². The van der Waals surface area contributed by atoms with Crippen molar-refractivity contribution in [1.29, 1.82) is 0 Å². The van der Waals surface area contributed by atoms with Gasteiger partial charge >= 0.3 is 0 Å². The van der Waals surface area contributed by atoms with E-state index in [-0.39, 0.29) is 12.7 Å². The molecule has 0 aliphatic carbocycles. The van der Waals surface area contributed by atoms with Gasteiger partial charge in [-0.1, -0.05) is 36.4 Å². The van der Waals surface area contributed by atoms with Gasteiger partial charge in [-0.05, 0) is 17.7 Å². The number of nitrogens with one attached hydrogen (secondary N) is 1. The SMILES string of the molecule is O=C(NCc1ccc2c(c1)OCO2)c1csc(-c2ccccc2)n1. The Kier molecular flexibility index (Phi) is 3.88. The lowest BCUT2D eigenvalue weighted by atomic mass is 10.2. The average Bonchev–Trinajstić information content (AvgIpc) is 3.29. The minimum atomic E-state index is -0.189. The zero-order valence-electron chi connectivity index (χ0n) is 12.7. The van der Waals surface area contributed by atoms with E-state index in [1.165, 1.54) is 11.3 Å². The van der Waals surface area contributed by atoms with Crippen LogP contribution in [0, 0.1) is 0 Å². The summed E-state index contributed by atoms with van der Waals surface area (Å²) in [5.41, 5.74) is 2.39. The van der Waals surface area contributed by atoms with Crippen LogP contribution in [0.5, 0.6) is 11.5 Å². The fourth-order valence-electron chi connectivity index (χ4n) is 2.42. The number of fused-ring (bicyclic) bond motifs is 1. The number of aromatic nitrogens is 1. The summed E-state index contributed by atoms with van der Waals surface area (Å²) in [6.07, 6.45) is 0. The zero-order valence-corrected chi connectivity index (χ0v) is 13.5. The maximum atomic E-state index is 12.3. The van der Waals surface area contributed by atoms with Crippen LogP contribution in [0.1, 0.15) is 16.1 Å². The number of hydrogen-bond acceptors (Lipinski definition) is 5. The van der Waals surface area contributed by atoms with Crippen LogP contribution in [0.15, 0.2) is 53.9 Å².